The Balaban J connectivity index is 1.86. The summed E-state index contributed by atoms with van der Waals surface area (Å²) in [7, 11) is 0. The standard InChI is InChI=1S/C15H17N3O3/c1-10-7-8-16-14(9-10)18-15(20)17-11(2)21-13-5-3-12(19)4-6-13/h3-9,11,19H,1-2H3,(H2,16,17,18,20). The molecule has 6 heteroatoms. The molecule has 6 nitrogen and oxygen atoms in total. The van der Waals surface area contributed by atoms with Crippen LogP contribution in [-0.2, 0) is 0 Å². The van der Waals surface area contributed by atoms with Crippen molar-refractivity contribution in [2.75, 3.05) is 5.32 Å². The highest BCUT2D eigenvalue weighted by Crippen LogP contribution is 2.16. The lowest BCUT2D eigenvalue weighted by molar-refractivity contribution is 0.183. The average molecular weight is 287 g/mol. The third kappa shape index (κ3) is 4.68. The van der Waals surface area contributed by atoms with E-state index in [2.05, 4.69) is 15.6 Å². The van der Waals surface area contributed by atoms with Crippen LogP contribution in [0.25, 0.3) is 0 Å². The number of amides is 2. The summed E-state index contributed by atoms with van der Waals surface area (Å²) in [5.74, 6) is 1.19. The van der Waals surface area contributed by atoms with Gasteiger partial charge < -0.3 is 15.2 Å². The lowest BCUT2D eigenvalue weighted by atomic mass is 10.3. The highest BCUT2D eigenvalue weighted by molar-refractivity contribution is 5.88. The fourth-order valence-electron chi connectivity index (χ4n) is 1.70. The topological polar surface area (TPSA) is 83.5 Å². The predicted molar refractivity (Wildman–Crippen MR) is 79.3 cm³/mol. The molecule has 0 aliphatic rings. The van der Waals surface area contributed by atoms with Crippen molar-refractivity contribution in [2.45, 2.75) is 20.1 Å². The van der Waals surface area contributed by atoms with Crippen molar-refractivity contribution in [3.05, 3.63) is 48.2 Å². The molecule has 1 aromatic carbocycles. The molecule has 2 aromatic rings. The Morgan fingerprint density at radius 3 is 2.67 bits per heavy atom. The van der Waals surface area contributed by atoms with Crippen LogP contribution in [0.1, 0.15) is 12.5 Å². The van der Waals surface area contributed by atoms with Crippen molar-refractivity contribution in [1.82, 2.24) is 10.3 Å². The molecule has 21 heavy (non-hydrogen) atoms. The summed E-state index contributed by atoms with van der Waals surface area (Å²) < 4.78 is 5.50. The van der Waals surface area contributed by atoms with Crippen molar-refractivity contribution in [2.24, 2.45) is 0 Å². The molecule has 0 spiro atoms. The Labute approximate surface area is 122 Å². The number of nitrogens with one attached hydrogen (secondary N) is 2. The summed E-state index contributed by atoms with van der Waals surface area (Å²) in [5.41, 5.74) is 1.01. The van der Waals surface area contributed by atoms with Gasteiger partial charge in [-0.25, -0.2) is 9.78 Å². The minimum absolute atomic E-state index is 0.159. The van der Waals surface area contributed by atoms with Gasteiger partial charge >= 0.3 is 6.03 Å². The summed E-state index contributed by atoms with van der Waals surface area (Å²) >= 11 is 0. The highest BCUT2D eigenvalue weighted by atomic mass is 16.5. The first kappa shape index (κ1) is 14.6. The summed E-state index contributed by atoms with van der Waals surface area (Å²) in [5, 5.41) is 14.4. The number of pyridine rings is 1. The van der Waals surface area contributed by atoms with Crippen LogP contribution < -0.4 is 15.4 Å². The van der Waals surface area contributed by atoms with E-state index in [9.17, 15) is 9.90 Å². The lowest BCUT2D eigenvalue weighted by Gasteiger charge is -2.16. The summed E-state index contributed by atoms with van der Waals surface area (Å²) in [6.07, 6.45) is 1.10. The molecular formula is C15H17N3O3. The fourth-order valence-corrected chi connectivity index (χ4v) is 1.70. The monoisotopic (exact) mass is 287 g/mol. The first-order valence-electron chi connectivity index (χ1n) is 6.49. The molecule has 110 valence electrons. The smallest absolute Gasteiger partial charge is 0.323 e. The zero-order chi connectivity index (χ0) is 15.2. The van der Waals surface area contributed by atoms with E-state index in [1.54, 1.807) is 31.3 Å². The fraction of sp³-hybridized carbons (Fsp3) is 0.200. The second-order valence-corrected chi connectivity index (χ2v) is 4.57. The number of hydrogen-bond donors (Lipinski definition) is 3. The number of anilines is 1. The zero-order valence-electron chi connectivity index (χ0n) is 11.8. The minimum atomic E-state index is -0.528. The van der Waals surface area contributed by atoms with Crippen LogP contribution >= 0.6 is 0 Å². The largest absolute Gasteiger partial charge is 0.508 e. The van der Waals surface area contributed by atoms with Gasteiger partial charge in [-0.3, -0.25) is 5.32 Å². The van der Waals surface area contributed by atoms with Gasteiger partial charge in [0.15, 0.2) is 6.23 Å². The van der Waals surface area contributed by atoms with Gasteiger partial charge in [0.25, 0.3) is 0 Å². The minimum Gasteiger partial charge on any atom is -0.508 e. The number of nitrogens with zero attached hydrogens (tertiary/aromatic N) is 1. The predicted octanol–water partition coefficient (Wildman–Crippen LogP) is 2.64. The summed E-state index contributed by atoms with van der Waals surface area (Å²) in [4.78, 5) is 15.8. The number of carbonyl (C=O) groups is 1. The van der Waals surface area contributed by atoms with E-state index in [1.807, 2.05) is 13.0 Å². The van der Waals surface area contributed by atoms with Crippen molar-refractivity contribution in [3.63, 3.8) is 0 Å². The number of urea groups is 1. The number of ether oxygens (including phenoxy) is 1. The molecule has 0 radical (unpaired) electrons. The van der Waals surface area contributed by atoms with Crippen LogP contribution in [-0.4, -0.2) is 22.3 Å². The van der Waals surface area contributed by atoms with Crippen LogP contribution in [0.3, 0.4) is 0 Å². The number of aryl methyl sites for hydroxylation is 1. The van der Waals surface area contributed by atoms with Crippen molar-refractivity contribution >= 4 is 11.8 Å². The molecule has 0 fully saturated rings. The number of rotatable bonds is 4. The van der Waals surface area contributed by atoms with Crippen LogP contribution in [0.2, 0.25) is 0 Å². The first-order valence-corrected chi connectivity index (χ1v) is 6.49. The second kappa shape index (κ2) is 6.60. The SMILES string of the molecule is Cc1ccnc(NC(=O)NC(C)Oc2ccc(O)cc2)c1. The van der Waals surface area contributed by atoms with Crippen LogP contribution in [0.4, 0.5) is 10.6 Å². The third-order valence-corrected chi connectivity index (χ3v) is 2.64. The molecule has 2 amide bonds. The van der Waals surface area contributed by atoms with Gasteiger partial charge in [0, 0.05) is 6.20 Å². The Morgan fingerprint density at radius 2 is 2.00 bits per heavy atom. The van der Waals surface area contributed by atoms with Crippen LogP contribution in [0, 0.1) is 6.92 Å². The Hall–Kier alpha value is -2.76. The molecule has 3 N–H and O–H groups in total. The van der Waals surface area contributed by atoms with Gasteiger partial charge in [-0.15, -0.1) is 0 Å². The maximum atomic E-state index is 11.8. The number of carbonyl (C=O) groups excluding carboxylic acids is 1. The summed E-state index contributed by atoms with van der Waals surface area (Å²) in [6, 6.07) is 9.47. The molecule has 1 heterocycles. The molecular weight excluding hydrogens is 270 g/mol. The molecule has 0 saturated carbocycles. The normalized spacial score (nSPS) is 11.5. The van der Waals surface area contributed by atoms with Gasteiger partial charge in [-0.05, 0) is 55.8 Å². The third-order valence-electron chi connectivity index (χ3n) is 2.64. The van der Waals surface area contributed by atoms with E-state index in [4.69, 9.17) is 4.74 Å². The number of aromatic nitrogens is 1. The number of phenols is 1. The van der Waals surface area contributed by atoms with Crippen LogP contribution in [0.15, 0.2) is 42.6 Å². The van der Waals surface area contributed by atoms with E-state index in [0.717, 1.165) is 5.56 Å². The zero-order valence-corrected chi connectivity index (χ0v) is 11.8. The quantitative estimate of drug-likeness (QED) is 0.755. The second-order valence-electron chi connectivity index (χ2n) is 4.57. The van der Waals surface area contributed by atoms with Crippen LogP contribution in [0.5, 0.6) is 11.5 Å². The van der Waals surface area contributed by atoms with E-state index >= 15 is 0 Å². The molecule has 1 aromatic heterocycles. The van der Waals surface area contributed by atoms with Gasteiger partial charge in [0.1, 0.15) is 17.3 Å². The van der Waals surface area contributed by atoms with E-state index in [1.165, 1.54) is 12.1 Å². The molecule has 2 rings (SSSR count). The van der Waals surface area contributed by atoms with Crippen molar-refractivity contribution in [3.8, 4) is 11.5 Å². The first-order chi connectivity index (χ1) is 10.0. The van der Waals surface area contributed by atoms with E-state index in [-0.39, 0.29) is 5.75 Å². The van der Waals surface area contributed by atoms with E-state index < -0.39 is 12.3 Å². The Morgan fingerprint density at radius 1 is 1.29 bits per heavy atom. The number of benzene rings is 1. The summed E-state index contributed by atoms with van der Waals surface area (Å²) in [6.45, 7) is 3.62. The van der Waals surface area contributed by atoms with Gasteiger partial charge in [0.2, 0.25) is 0 Å². The van der Waals surface area contributed by atoms with Gasteiger partial charge in [-0.1, -0.05) is 0 Å². The Kier molecular flexibility index (Phi) is 4.61. The maximum absolute atomic E-state index is 11.8. The molecule has 0 aliphatic carbocycles. The number of aromatic hydroxyl groups is 1. The molecule has 1 unspecified atom stereocenters. The van der Waals surface area contributed by atoms with Crippen molar-refractivity contribution in [1.29, 1.82) is 0 Å². The van der Waals surface area contributed by atoms with Gasteiger partial charge in [0.05, 0.1) is 0 Å². The average Bonchev–Trinajstić information content (AvgIpc) is 2.41. The van der Waals surface area contributed by atoms with E-state index in [0.29, 0.717) is 11.6 Å². The maximum Gasteiger partial charge on any atom is 0.323 e. The molecule has 0 aliphatic heterocycles. The highest BCUT2D eigenvalue weighted by Gasteiger charge is 2.09. The molecule has 0 saturated heterocycles. The molecule has 1 atom stereocenters. The van der Waals surface area contributed by atoms with Crippen molar-refractivity contribution < 1.29 is 14.6 Å². The van der Waals surface area contributed by atoms with Gasteiger partial charge in [-0.2, -0.15) is 0 Å². The Bertz CT molecular complexity index is 614. The molecule has 0 bridgehead atoms. The lowest BCUT2D eigenvalue weighted by Crippen LogP contribution is -2.39. The number of hydrogen-bond acceptors (Lipinski definition) is 4. The number of phenolic OH excluding ortho intramolecular Hbond substituents is 1.